The van der Waals surface area contributed by atoms with Crippen LogP contribution in [0.4, 0.5) is 0 Å². The summed E-state index contributed by atoms with van der Waals surface area (Å²) in [6.07, 6.45) is 1.11. The van der Waals surface area contributed by atoms with Crippen LogP contribution >= 0.6 is 24.0 Å². The molecular weight excluding hydrogens is 447 g/mol. The molecule has 26 heavy (non-hydrogen) atoms. The van der Waals surface area contributed by atoms with Crippen LogP contribution in [0, 0.1) is 11.3 Å². The van der Waals surface area contributed by atoms with E-state index in [-0.39, 0.29) is 35.3 Å². The first-order valence-corrected chi connectivity index (χ1v) is 9.26. The predicted molar refractivity (Wildman–Crippen MR) is 116 cm³/mol. The highest BCUT2D eigenvalue weighted by Crippen LogP contribution is 2.16. The zero-order valence-corrected chi connectivity index (χ0v) is 19.3. The van der Waals surface area contributed by atoms with Crippen LogP contribution in [0.2, 0.25) is 0 Å². The summed E-state index contributed by atoms with van der Waals surface area (Å²) in [4.78, 5) is 18.8. The number of aliphatic imine (C=N–C) groups is 1. The molecule has 1 heterocycles. The maximum Gasteiger partial charge on any atom is 0.225 e. The van der Waals surface area contributed by atoms with Crippen molar-refractivity contribution < 1.29 is 14.3 Å². The lowest BCUT2D eigenvalue weighted by atomic mass is 9.96. The Labute approximate surface area is 175 Å². The topological polar surface area (TPSA) is 75.2 Å². The molecule has 0 aromatic rings. The summed E-state index contributed by atoms with van der Waals surface area (Å²) in [6, 6.07) is 0. The maximum atomic E-state index is 11.9. The van der Waals surface area contributed by atoms with Gasteiger partial charge in [-0.2, -0.15) is 0 Å². The lowest BCUT2D eigenvalue weighted by Crippen LogP contribution is -2.41. The van der Waals surface area contributed by atoms with Gasteiger partial charge < -0.3 is 25.0 Å². The Morgan fingerprint density at radius 2 is 2.00 bits per heavy atom. The van der Waals surface area contributed by atoms with Crippen molar-refractivity contribution in [3.8, 4) is 0 Å². The van der Waals surface area contributed by atoms with Gasteiger partial charge in [-0.3, -0.25) is 9.79 Å². The van der Waals surface area contributed by atoms with E-state index in [4.69, 9.17) is 9.47 Å². The lowest BCUT2D eigenvalue weighted by Gasteiger charge is -2.22. The summed E-state index contributed by atoms with van der Waals surface area (Å²) in [6.45, 7) is 13.8. The Morgan fingerprint density at radius 3 is 2.62 bits per heavy atom. The second kappa shape index (κ2) is 13.5. The minimum atomic E-state index is -0.362. The van der Waals surface area contributed by atoms with Crippen LogP contribution in [0.1, 0.15) is 34.1 Å². The number of nitrogens with one attached hydrogen (secondary N) is 2. The smallest absolute Gasteiger partial charge is 0.225 e. The zero-order valence-electron chi connectivity index (χ0n) is 17.0. The average molecular weight is 484 g/mol. The molecule has 1 rings (SSSR count). The number of amides is 1. The number of hydrogen-bond donors (Lipinski definition) is 2. The van der Waals surface area contributed by atoms with Crippen LogP contribution in [-0.4, -0.2) is 76.4 Å². The van der Waals surface area contributed by atoms with E-state index in [1.54, 1.807) is 7.11 Å². The van der Waals surface area contributed by atoms with Crippen molar-refractivity contribution in [2.75, 3.05) is 59.7 Å². The van der Waals surface area contributed by atoms with Crippen molar-refractivity contribution in [2.24, 2.45) is 16.3 Å². The van der Waals surface area contributed by atoms with E-state index in [2.05, 4.69) is 27.4 Å². The van der Waals surface area contributed by atoms with Crippen LogP contribution in [-0.2, 0) is 14.3 Å². The molecule has 0 saturated carbocycles. The van der Waals surface area contributed by atoms with E-state index < -0.39 is 0 Å². The van der Waals surface area contributed by atoms with Gasteiger partial charge in [-0.25, -0.2) is 0 Å². The summed E-state index contributed by atoms with van der Waals surface area (Å²) >= 11 is 0. The third-order valence-electron chi connectivity index (χ3n) is 4.05. The van der Waals surface area contributed by atoms with Gasteiger partial charge in [0.1, 0.15) is 0 Å². The third kappa shape index (κ3) is 9.91. The molecule has 0 radical (unpaired) electrons. The minimum absolute atomic E-state index is 0. The molecule has 1 unspecified atom stereocenters. The number of rotatable bonds is 9. The molecular formula is C18H37IN4O3. The molecule has 1 saturated heterocycles. The van der Waals surface area contributed by atoms with E-state index in [0.717, 1.165) is 38.6 Å². The van der Waals surface area contributed by atoms with Crippen molar-refractivity contribution in [1.82, 2.24) is 15.5 Å². The van der Waals surface area contributed by atoms with Gasteiger partial charge in [-0.05, 0) is 13.3 Å². The predicted octanol–water partition coefficient (Wildman–Crippen LogP) is 1.72. The Kier molecular flexibility index (Phi) is 13.2. The molecule has 0 bridgehead atoms. The lowest BCUT2D eigenvalue weighted by molar-refractivity contribution is -0.128. The molecule has 1 fully saturated rings. The number of carbonyl (C=O) groups is 1. The minimum Gasteiger partial charge on any atom is -0.382 e. The molecule has 7 nitrogen and oxygen atoms in total. The van der Waals surface area contributed by atoms with Gasteiger partial charge in [0.2, 0.25) is 5.91 Å². The van der Waals surface area contributed by atoms with Gasteiger partial charge in [-0.15, -0.1) is 24.0 Å². The van der Waals surface area contributed by atoms with Crippen molar-refractivity contribution in [2.45, 2.75) is 34.1 Å². The molecule has 0 aliphatic carbocycles. The molecule has 1 atom stereocenters. The summed E-state index contributed by atoms with van der Waals surface area (Å²) < 4.78 is 10.6. The fraction of sp³-hybridized carbons (Fsp3) is 0.889. The van der Waals surface area contributed by atoms with Crippen LogP contribution in [0.15, 0.2) is 4.99 Å². The average Bonchev–Trinajstić information content (AvgIpc) is 3.02. The van der Waals surface area contributed by atoms with E-state index in [0.29, 0.717) is 32.2 Å². The number of carbonyl (C=O) groups excluding carboxylic acids is 1. The third-order valence-corrected chi connectivity index (χ3v) is 4.05. The molecule has 1 amide bonds. The highest BCUT2D eigenvalue weighted by atomic mass is 127. The summed E-state index contributed by atoms with van der Waals surface area (Å²) in [5.41, 5.74) is -0.362. The van der Waals surface area contributed by atoms with E-state index in [9.17, 15) is 4.79 Å². The Hall–Kier alpha value is -0.610. The van der Waals surface area contributed by atoms with Crippen molar-refractivity contribution in [3.63, 3.8) is 0 Å². The fourth-order valence-corrected chi connectivity index (χ4v) is 2.58. The van der Waals surface area contributed by atoms with Gasteiger partial charge in [0, 0.05) is 44.6 Å². The molecule has 0 aromatic heterocycles. The first kappa shape index (κ1) is 25.4. The number of guanidine groups is 1. The summed E-state index contributed by atoms with van der Waals surface area (Å²) in [7, 11) is 1.68. The second-order valence-electron chi connectivity index (χ2n) is 7.41. The molecule has 8 heteroatoms. The summed E-state index contributed by atoms with van der Waals surface area (Å²) in [5.74, 6) is 1.51. The van der Waals surface area contributed by atoms with Gasteiger partial charge >= 0.3 is 0 Å². The van der Waals surface area contributed by atoms with Crippen LogP contribution < -0.4 is 10.6 Å². The largest absolute Gasteiger partial charge is 0.382 e. The van der Waals surface area contributed by atoms with Crippen molar-refractivity contribution >= 4 is 35.8 Å². The number of hydrogen-bond acceptors (Lipinski definition) is 4. The van der Waals surface area contributed by atoms with Gasteiger partial charge in [0.05, 0.1) is 26.4 Å². The zero-order chi connectivity index (χ0) is 18.7. The van der Waals surface area contributed by atoms with E-state index >= 15 is 0 Å². The maximum absolute atomic E-state index is 11.9. The molecule has 2 N–H and O–H groups in total. The molecule has 0 aromatic carbocycles. The van der Waals surface area contributed by atoms with Crippen molar-refractivity contribution in [1.29, 1.82) is 0 Å². The summed E-state index contributed by atoms with van der Waals surface area (Å²) in [5, 5.41) is 6.28. The Bertz CT molecular complexity index is 427. The number of ether oxygens (including phenoxy) is 2. The van der Waals surface area contributed by atoms with Gasteiger partial charge in [-0.1, -0.05) is 20.8 Å². The number of methoxy groups -OCH3 is 1. The monoisotopic (exact) mass is 484 g/mol. The van der Waals surface area contributed by atoms with Crippen molar-refractivity contribution in [3.05, 3.63) is 0 Å². The number of halogens is 1. The quantitative estimate of drug-likeness (QED) is 0.226. The first-order valence-electron chi connectivity index (χ1n) is 9.26. The van der Waals surface area contributed by atoms with Gasteiger partial charge in [0.25, 0.3) is 0 Å². The van der Waals surface area contributed by atoms with E-state index in [1.807, 2.05) is 20.8 Å². The molecule has 1 aliphatic rings. The molecule has 154 valence electrons. The number of nitrogens with zero attached hydrogens (tertiary/aromatic N) is 2. The van der Waals surface area contributed by atoms with E-state index in [1.165, 1.54) is 0 Å². The molecule has 1 aliphatic heterocycles. The number of likely N-dealkylation sites (tertiary alicyclic amines) is 1. The molecule has 0 spiro atoms. The normalized spacial score (nSPS) is 17.8. The van der Waals surface area contributed by atoms with Crippen LogP contribution in [0.3, 0.4) is 0 Å². The fourth-order valence-electron chi connectivity index (χ4n) is 2.58. The van der Waals surface area contributed by atoms with Gasteiger partial charge in [0.15, 0.2) is 5.96 Å². The standard InChI is InChI=1S/C18H36N4O3.HI/c1-6-19-17(21-9-8-20-16(23)18(2,3)4)22-10-7-15(13-22)14-25-12-11-24-5;/h15H,6-14H2,1-5H3,(H,19,21)(H,20,23);1H. The second-order valence-corrected chi connectivity index (χ2v) is 7.41. The SMILES string of the molecule is CCNC(=NCCNC(=O)C(C)(C)C)N1CCC(COCCOC)C1.I. The van der Waals surface area contributed by atoms with Crippen LogP contribution in [0.5, 0.6) is 0 Å². The van der Waals surface area contributed by atoms with Crippen LogP contribution in [0.25, 0.3) is 0 Å². The highest BCUT2D eigenvalue weighted by molar-refractivity contribution is 14.0. The Morgan fingerprint density at radius 1 is 1.27 bits per heavy atom. The first-order chi connectivity index (χ1) is 11.9. The highest BCUT2D eigenvalue weighted by Gasteiger charge is 2.25. The Balaban J connectivity index is 0.00000625.